The Bertz CT molecular complexity index is 799. The summed E-state index contributed by atoms with van der Waals surface area (Å²) in [7, 11) is 0. The first-order valence-corrected chi connectivity index (χ1v) is 9.53. The van der Waals surface area contributed by atoms with E-state index >= 15 is 0 Å². The van der Waals surface area contributed by atoms with Gasteiger partial charge in [0, 0.05) is 24.0 Å². The second-order valence-corrected chi connectivity index (χ2v) is 7.79. The van der Waals surface area contributed by atoms with E-state index in [1.54, 1.807) is 10.9 Å². The van der Waals surface area contributed by atoms with Crippen LogP contribution in [0.15, 0.2) is 12.4 Å². The number of hydrogen-bond acceptors (Lipinski definition) is 4. The van der Waals surface area contributed by atoms with Crippen LogP contribution in [0.4, 0.5) is 5.00 Å². The van der Waals surface area contributed by atoms with E-state index in [9.17, 15) is 14.7 Å². The summed E-state index contributed by atoms with van der Waals surface area (Å²) in [5.74, 6) is -0.595. The number of nitrogens with one attached hydrogen (secondary N) is 1. The van der Waals surface area contributed by atoms with E-state index in [2.05, 4.69) is 17.3 Å². The van der Waals surface area contributed by atoms with Crippen molar-refractivity contribution in [3.8, 4) is 0 Å². The highest BCUT2D eigenvalue weighted by Crippen LogP contribution is 2.40. The number of fused-ring (bicyclic) bond motifs is 1. The van der Waals surface area contributed by atoms with Crippen molar-refractivity contribution in [3.05, 3.63) is 33.4 Å². The van der Waals surface area contributed by atoms with Crippen LogP contribution in [0.1, 0.15) is 47.0 Å². The first-order chi connectivity index (χ1) is 12.0. The number of aryl methyl sites for hydroxylation is 1. The molecule has 0 spiro atoms. The molecule has 1 amide bonds. The van der Waals surface area contributed by atoms with Crippen molar-refractivity contribution < 1.29 is 14.7 Å². The number of carbonyl (C=O) groups is 2. The minimum absolute atomic E-state index is 0.206. The molecule has 2 aromatic rings. The number of anilines is 1. The molecule has 6 nitrogen and oxygen atoms in total. The SMILES string of the molecule is CCC1CCc2c(sc(NC(=O)CCn3cc(Cl)cn3)c2C(=O)O)C1. The molecule has 1 atom stereocenters. The average molecular weight is 382 g/mol. The molecule has 2 heterocycles. The molecular formula is C17H20ClN3O3S. The zero-order valence-corrected chi connectivity index (χ0v) is 15.5. The number of thiophene rings is 1. The number of aromatic nitrogens is 2. The lowest BCUT2D eigenvalue weighted by Crippen LogP contribution is -2.17. The van der Waals surface area contributed by atoms with E-state index < -0.39 is 5.97 Å². The van der Waals surface area contributed by atoms with E-state index in [-0.39, 0.29) is 17.9 Å². The molecule has 134 valence electrons. The van der Waals surface area contributed by atoms with Crippen LogP contribution in [0.2, 0.25) is 5.02 Å². The Labute approximate surface area is 154 Å². The van der Waals surface area contributed by atoms with Crippen LogP contribution in [0.3, 0.4) is 0 Å². The van der Waals surface area contributed by atoms with Gasteiger partial charge in [-0.3, -0.25) is 9.48 Å². The largest absolute Gasteiger partial charge is 0.478 e. The monoisotopic (exact) mass is 381 g/mol. The fraction of sp³-hybridized carbons (Fsp3) is 0.471. The predicted molar refractivity (Wildman–Crippen MR) is 97.6 cm³/mol. The van der Waals surface area contributed by atoms with E-state index in [1.807, 2.05) is 0 Å². The third kappa shape index (κ3) is 4.04. The number of nitrogens with zero attached hydrogens (tertiary/aromatic N) is 2. The number of rotatable bonds is 6. The summed E-state index contributed by atoms with van der Waals surface area (Å²) in [4.78, 5) is 25.0. The molecule has 1 aliphatic rings. The van der Waals surface area contributed by atoms with Gasteiger partial charge in [0.05, 0.1) is 16.8 Å². The van der Waals surface area contributed by atoms with Crippen LogP contribution in [-0.4, -0.2) is 26.8 Å². The van der Waals surface area contributed by atoms with Crippen LogP contribution in [-0.2, 0) is 24.2 Å². The van der Waals surface area contributed by atoms with Gasteiger partial charge in [-0.05, 0) is 30.7 Å². The highest BCUT2D eigenvalue weighted by Gasteiger charge is 2.28. The summed E-state index contributed by atoms with van der Waals surface area (Å²) in [6.45, 7) is 2.55. The van der Waals surface area contributed by atoms with Crippen molar-refractivity contribution in [1.29, 1.82) is 0 Å². The molecule has 25 heavy (non-hydrogen) atoms. The third-order valence-corrected chi connectivity index (χ3v) is 5.95. The van der Waals surface area contributed by atoms with E-state index in [4.69, 9.17) is 11.6 Å². The zero-order chi connectivity index (χ0) is 18.0. The van der Waals surface area contributed by atoms with Crippen LogP contribution >= 0.6 is 22.9 Å². The topological polar surface area (TPSA) is 84.2 Å². The van der Waals surface area contributed by atoms with Gasteiger partial charge in [-0.25, -0.2) is 4.79 Å². The zero-order valence-electron chi connectivity index (χ0n) is 13.9. The highest BCUT2D eigenvalue weighted by molar-refractivity contribution is 7.17. The van der Waals surface area contributed by atoms with Crippen LogP contribution < -0.4 is 5.32 Å². The molecule has 8 heteroatoms. The maximum atomic E-state index is 12.2. The summed E-state index contributed by atoms with van der Waals surface area (Å²) >= 11 is 7.20. The fourth-order valence-electron chi connectivity index (χ4n) is 3.18. The van der Waals surface area contributed by atoms with Crippen molar-refractivity contribution in [1.82, 2.24) is 9.78 Å². The molecule has 0 aliphatic heterocycles. The van der Waals surface area contributed by atoms with Crippen LogP contribution in [0.25, 0.3) is 0 Å². The quantitative estimate of drug-likeness (QED) is 0.796. The molecule has 0 saturated carbocycles. The molecule has 0 fully saturated rings. The molecule has 0 saturated heterocycles. The second-order valence-electron chi connectivity index (χ2n) is 6.25. The van der Waals surface area contributed by atoms with Gasteiger partial charge in [0.25, 0.3) is 0 Å². The van der Waals surface area contributed by atoms with Gasteiger partial charge in [0.15, 0.2) is 0 Å². The normalized spacial score (nSPS) is 16.5. The molecule has 3 rings (SSSR count). The van der Waals surface area contributed by atoms with Gasteiger partial charge in [-0.15, -0.1) is 11.3 Å². The van der Waals surface area contributed by atoms with Crippen molar-refractivity contribution in [2.45, 2.75) is 45.6 Å². The maximum Gasteiger partial charge on any atom is 0.339 e. The number of amides is 1. The number of carbonyl (C=O) groups excluding carboxylic acids is 1. The molecule has 0 bridgehead atoms. The van der Waals surface area contributed by atoms with Gasteiger partial charge >= 0.3 is 5.97 Å². The van der Waals surface area contributed by atoms with Gasteiger partial charge in [0.2, 0.25) is 5.91 Å². The second kappa shape index (κ2) is 7.58. The van der Waals surface area contributed by atoms with E-state index in [1.165, 1.54) is 17.5 Å². The molecular weight excluding hydrogens is 362 g/mol. The Morgan fingerprint density at radius 2 is 2.32 bits per heavy atom. The number of hydrogen-bond donors (Lipinski definition) is 2. The van der Waals surface area contributed by atoms with Crippen LogP contribution in [0.5, 0.6) is 0 Å². The maximum absolute atomic E-state index is 12.2. The molecule has 0 aromatic carbocycles. The van der Waals surface area contributed by atoms with E-state index in [0.29, 0.717) is 22.5 Å². The Morgan fingerprint density at radius 1 is 1.52 bits per heavy atom. The third-order valence-electron chi connectivity index (χ3n) is 4.58. The average Bonchev–Trinajstić information content (AvgIpc) is 3.14. The standard InChI is InChI=1S/C17H20ClN3O3S/c1-2-10-3-4-12-13(7-10)25-16(15(12)17(23)24)20-14(22)5-6-21-9-11(18)8-19-21/h8-10H,2-7H2,1H3,(H,20,22)(H,23,24). The van der Waals surface area contributed by atoms with Gasteiger partial charge in [0.1, 0.15) is 5.00 Å². The summed E-state index contributed by atoms with van der Waals surface area (Å²) in [6.07, 6.45) is 7.14. The Hall–Kier alpha value is -1.86. The smallest absolute Gasteiger partial charge is 0.339 e. The summed E-state index contributed by atoms with van der Waals surface area (Å²) in [5, 5.41) is 17.4. The minimum Gasteiger partial charge on any atom is -0.478 e. The van der Waals surface area contributed by atoms with Crippen molar-refractivity contribution in [2.75, 3.05) is 5.32 Å². The number of halogens is 1. The summed E-state index contributed by atoms with van der Waals surface area (Å²) < 4.78 is 1.59. The Morgan fingerprint density at radius 3 is 2.96 bits per heavy atom. The highest BCUT2D eigenvalue weighted by atomic mass is 35.5. The van der Waals surface area contributed by atoms with Crippen LogP contribution in [0, 0.1) is 5.92 Å². The van der Waals surface area contributed by atoms with Gasteiger partial charge < -0.3 is 10.4 Å². The minimum atomic E-state index is -0.971. The Balaban J connectivity index is 1.72. The Kier molecular flexibility index (Phi) is 5.44. The van der Waals surface area contributed by atoms with E-state index in [0.717, 1.165) is 36.1 Å². The lowest BCUT2D eigenvalue weighted by molar-refractivity contribution is -0.116. The fourth-order valence-corrected chi connectivity index (χ4v) is 4.71. The molecule has 1 unspecified atom stereocenters. The van der Waals surface area contributed by atoms with Gasteiger partial charge in [-0.2, -0.15) is 5.10 Å². The van der Waals surface area contributed by atoms with Crippen molar-refractivity contribution in [3.63, 3.8) is 0 Å². The van der Waals surface area contributed by atoms with Crippen molar-refractivity contribution >= 4 is 39.8 Å². The lowest BCUT2D eigenvalue weighted by Gasteiger charge is -2.20. The van der Waals surface area contributed by atoms with Gasteiger partial charge in [-0.1, -0.05) is 24.9 Å². The number of aromatic carboxylic acids is 1. The summed E-state index contributed by atoms with van der Waals surface area (Å²) in [5.41, 5.74) is 1.17. The first kappa shape index (κ1) is 17.9. The molecule has 0 radical (unpaired) electrons. The lowest BCUT2D eigenvalue weighted by atomic mass is 9.86. The van der Waals surface area contributed by atoms with Crippen molar-refractivity contribution in [2.24, 2.45) is 5.92 Å². The molecule has 2 aromatic heterocycles. The molecule has 1 aliphatic carbocycles. The summed E-state index contributed by atoms with van der Waals surface area (Å²) in [6, 6.07) is 0. The first-order valence-electron chi connectivity index (χ1n) is 8.33. The predicted octanol–water partition coefficient (Wildman–Crippen LogP) is 3.84. The number of carboxylic acids is 1. The number of carboxylic acid groups (broad SMARTS) is 1. The molecule has 2 N–H and O–H groups in total.